The number of aromatic nitrogens is 1. The van der Waals surface area contributed by atoms with Crippen LogP contribution >= 0.6 is 0 Å². The Morgan fingerprint density at radius 3 is 2.35 bits per heavy atom. The summed E-state index contributed by atoms with van der Waals surface area (Å²) in [6.45, 7) is 0. The van der Waals surface area contributed by atoms with Gasteiger partial charge in [0.2, 0.25) is 5.91 Å². The van der Waals surface area contributed by atoms with Crippen molar-refractivity contribution < 1.29 is 18.1 Å². The van der Waals surface area contributed by atoms with Crippen LogP contribution in [0.3, 0.4) is 0 Å². The molecule has 2 aromatic carbocycles. The smallest absolute Gasteiger partial charge is 0.254 e. The van der Waals surface area contributed by atoms with Crippen LogP contribution < -0.4 is 5.32 Å². The van der Waals surface area contributed by atoms with E-state index in [1.54, 1.807) is 24.3 Å². The first kappa shape index (κ1) is 14.9. The van der Waals surface area contributed by atoms with Gasteiger partial charge in [-0.1, -0.05) is 24.3 Å². The molecule has 0 aliphatic heterocycles. The predicted octanol–water partition coefficient (Wildman–Crippen LogP) is 3.80. The molecule has 1 aromatic heterocycles. The Balaban J connectivity index is 1.63. The van der Waals surface area contributed by atoms with Crippen LogP contribution in [0, 0.1) is 11.8 Å². The van der Waals surface area contributed by atoms with Crippen LogP contribution in [0.1, 0.15) is 5.56 Å². The maximum atomic E-state index is 12.8. The summed E-state index contributed by atoms with van der Waals surface area (Å²) in [6, 6.07) is 13.7. The van der Waals surface area contributed by atoms with Gasteiger partial charge in [0.25, 0.3) is 5.95 Å². The highest BCUT2D eigenvalue weighted by Gasteiger charge is 2.08. The molecule has 0 radical (unpaired) electrons. The SMILES string of the molecule is O=C(Cc1ccc(-c2cc(F)no2)cc1)Nc1ccc(F)cc1. The van der Waals surface area contributed by atoms with E-state index in [4.69, 9.17) is 4.52 Å². The van der Waals surface area contributed by atoms with E-state index in [1.807, 2.05) is 0 Å². The van der Waals surface area contributed by atoms with E-state index in [-0.39, 0.29) is 18.1 Å². The van der Waals surface area contributed by atoms with E-state index in [9.17, 15) is 13.6 Å². The Bertz CT molecular complexity index is 811. The molecule has 0 saturated heterocycles. The molecule has 116 valence electrons. The van der Waals surface area contributed by atoms with Gasteiger partial charge in [-0.05, 0) is 35.0 Å². The summed E-state index contributed by atoms with van der Waals surface area (Å²) < 4.78 is 30.4. The summed E-state index contributed by atoms with van der Waals surface area (Å²) in [7, 11) is 0. The van der Waals surface area contributed by atoms with Crippen LogP contribution in [-0.2, 0) is 11.2 Å². The van der Waals surface area contributed by atoms with Gasteiger partial charge in [0.1, 0.15) is 5.82 Å². The van der Waals surface area contributed by atoms with E-state index >= 15 is 0 Å². The zero-order valence-electron chi connectivity index (χ0n) is 11.9. The zero-order valence-corrected chi connectivity index (χ0v) is 11.9. The third-order valence-corrected chi connectivity index (χ3v) is 3.21. The highest BCUT2D eigenvalue weighted by Crippen LogP contribution is 2.20. The van der Waals surface area contributed by atoms with Crippen LogP contribution in [0.2, 0.25) is 0 Å². The molecule has 1 amide bonds. The fourth-order valence-electron chi connectivity index (χ4n) is 2.10. The van der Waals surface area contributed by atoms with Crippen LogP contribution in [0.4, 0.5) is 14.5 Å². The highest BCUT2D eigenvalue weighted by atomic mass is 19.1. The maximum Gasteiger partial charge on any atom is 0.254 e. The fraction of sp³-hybridized carbons (Fsp3) is 0.0588. The number of nitrogens with one attached hydrogen (secondary N) is 1. The van der Waals surface area contributed by atoms with Crippen LogP contribution in [0.25, 0.3) is 11.3 Å². The number of rotatable bonds is 4. The van der Waals surface area contributed by atoms with Gasteiger partial charge in [-0.25, -0.2) is 4.39 Å². The van der Waals surface area contributed by atoms with Gasteiger partial charge in [-0.3, -0.25) is 4.79 Å². The summed E-state index contributed by atoms with van der Waals surface area (Å²) in [5, 5.41) is 5.87. The Hall–Kier alpha value is -3.02. The number of amides is 1. The largest absolute Gasteiger partial charge is 0.353 e. The lowest BCUT2D eigenvalue weighted by Gasteiger charge is -2.05. The van der Waals surface area contributed by atoms with Crippen molar-refractivity contribution in [2.45, 2.75) is 6.42 Å². The molecule has 6 heteroatoms. The number of nitrogens with zero attached hydrogens (tertiary/aromatic N) is 1. The van der Waals surface area contributed by atoms with Gasteiger partial charge in [-0.2, -0.15) is 4.39 Å². The van der Waals surface area contributed by atoms with Crippen molar-refractivity contribution in [3.8, 4) is 11.3 Å². The molecular weight excluding hydrogens is 302 g/mol. The lowest BCUT2D eigenvalue weighted by molar-refractivity contribution is -0.115. The number of anilines is 1. The van der Waals surface area contributed by atoms with Gasteiger partial charge < -0.3 is 9.84 Å². The molecule has 0 spiro atoms. The normalized spacial score (nSPS) is 10.5. The van der Waals surface area contributed by atoms with Crippen LogP contribution in [0.15, 0.2) is 59.1 Å². The molecule has 1 N–H and O–H groups in total. The van der Waals surface area contributed by atoms with E-state index in [1.165, 1.54) is 30.3 Å². The highest BCUT2D eigenvalue weighted by molar-refractivity contribution is 5.92. The Morgan fingerprint density at radius 2 is 1.74 bits per heavy atom. The molecule has 0 unspecified atom stereocenters. The average Bonchev–Trinajstić information content (AvgIpc) is 2.97. The standard InChI is InChI=1S/C17H12F2N2O2/c18-13-5-7-14(8-6-13)20-17(22)9-11-1-3-12(4-2-11)15-10-16(19)21-23-15/h1-8,10H,9H2,(H,20,22). The molecule has 0 aliphatic carbocycles. The van der Waals surface area contributed by atoms with Crippen molar-refractivity contribution in [3.05, 3.63) is 71.9 Å². The Morgan fingerprint density at radius 1 is 1.04 bits per heavy atom. The number of benzene rings is 2. The molecule has 0 fully saturated rings. The average molecular weight is 314 g/mol. The van der Waals surface area contributed by atoms with Gasteiger partial charge >= 0.3 is 0 Å². The van der Waals surface area contributed by atoms with Crippen molar-refractivity contribution in [2.75, 3.05) is 5.32 Å². The Kier molecular flexibility index (Phi) is 4.14. The number of hydrogen-bond acceptors (Lipinski definition) is 3. The molecule has 0 atom stereocenters. The summed E-state index contributed by atoms with van der Waals surface area (Å²) in [4.78, 5) is 11.9. The molecule has 0 aliphatic rings. The summed E-state index contributed by atoms with van der Waals surface area (Å²) in [6.07, 6.45) is 0.169. The topological polar surface area (TPSA) is 55.1 Å². The number of carbonyl (C=O) groups excluding carboxylic acids is 1. The third-order valence-electron chi connectivity index (χ3n) is 3.21. The first-order valence-electron chi connectivity index (χ1n) is 6.87. The van der Waals surface area contributed by atoms with E-state index in [0.717, 1.165) is 5.56 Å². The molecular formula is C17H12F2N2O2. The van der Waals surface area contributed by atoms with Gasteiger partial charge in [-0.15, -0.1) is 0 Å². The summed E-state index contributed by atoms with van der Waals surface area (Å²) in [5.41, 5.74) is 1.99. The van der Waals surface area contributed by atoms with E-state index in [2.05, 4.69) is 10.5 Å². The minimum absolute atomic E-state index is 0.169. The van der Waals surface area contributed by atoms with E-state index < -0.39 is 5.95 Å². The van der Waals surface area contributed by atoms with Crippen molar-refractivity contribution in [3.63, 3.8) is 0 Å². The van der Waals surface area contributed by atoms with Gasteiger partial charge in [0.15, 0.2) is 5.76 Å². The van der Waals surface area contributed by atoms with Crippen LogP contribution in [-0.4, -0.2) is 11.1 Å². The van der Waals surface area contributed by atoms with Crippen molar-refractivity contribution in [1.29, 1.82) is 0 Å². The monoisotopic (exact) mass is 314 g/mol. The van der Waals surface area contributed by atoms with E-state index in [0.29, 0.717) is 17.0 Å². The van der Waals surface area contributed by atoms with Gasteiger partial charge in [0, 0.05) is 17.3 Å². The number of carbonyl (C=O) groups is 1. The molecule has 23 heavy (non-hydrogen) atoms. The second-order valence-electron chi connectivity index (χ2n) is 4.94. The van der Waals surface area contributed by atoms with Crippen molar-refractivity contribution in [2.24, 2.45) is 0 Å². The lowest BCUT2D eigenvalue weighted by atomic mass is 10.1. The second-order valence-corrected chi connectivity index (χ2v) is 4.94. The summed E-state index contributed by atoms with van der Waals surface area (Å²) in [5.74, 6) is -0.926. The fourth-order valence-corrected chi connectivity index (χ4v) is 2.10. The minimum Gasteiger partial charge on any atom is -0.353 e. The molecule has 0 saturated carbocycles. The first-order chi connectivity index (χ1) is 11.1. The Labute approximate surface area is 130 Å². The number of hydrogen-bond donors (Lipinski definition) is 1. The number of halogens is 2. The lowest BCUT2D eigenvalue weighted by Crippen LogP contribution is -2.14. The second kappa shape index (κ2) is 6.39. The maximum absolute atomic E-state index is 12.8. The predicted molar refractivity (Wildman–Crippen MR) is 80.6 cm³/mol. The summed E-state index contributed by atoms with van der Waals surface area (Å²) >= 11 is 0. The molecule has 1 heterocycles. The third kappa shape index (κ3) is 3.79. The molecule has 3 aromatic rings. The molecule has 3 rings (SSSR count). The van der Waals surface area contributed by atoms with Crippen LogP contribution in [0.5, 0.6) is 0 Å². The first-order valence-corrected chi connectivity index (χ1v) is 6.87. The van der Waals surface area contributed by atoms with Crippen molar-refractivity contribution >= 4 is 11.6 Å². The quantitative estimate of drug-likeness (QED) is 0.797. The van der Waals surface area contributed by atoms with Gasteiger partial charge in [0.05, 0.1) is 6.42 Å². The molecule has 0 bridgehead atoms. The van der Waals surface area contributed by atoms with Crippen molar-refractivity contribution in [1.82, 2.24) is 5.16 Å². The minimum atomic E-state index is -0.678. The zero-order chi connectivity index (χ0) is 16.2. The molecule has 4 nitrogen and oxygen atoms in total.